The summed E-state index contributed by atoms with van der Waals surface area (Å²) in [7, 11) is -3.20. The van der Waals surface area contributed by atoms with Gasteiger partial charge < -0.3 is 19.1 Å². The van der Waals surface area contributed by atoms with Crippen molar-refractivity contribution in [1.82, 2.24) is 9.88 Å². The largest absolute Gasteiger partial charge is 0.493 e. The Morgan fingerprint density at radius 1 is 1.00 bits per heavy atom. The Hall–Kier alpha value is -4.10. The first kappa shape index (κ1) is 33.3. The summed E-state index contributed by atoms with van der Waals surface area (Å²) in [5.41, 5.74) is -1.31. The minimum Gasteiger partial charge on any atom is -0.493 e. The van der Waals surface area contributed by atoms with Gasteiger partial charge in [-0.2, -0.15) is 13.2 Å². The van der Waals surface area contributed by atoms with Crippen LogP contribution in [0.1, 0.15) is 37.3 Å². The first-order chi connectivity index (χ1) is 21.9. The molecule has 0 amide bonds. The zero-order valence-electron chi connectivity index (χ0n) is 25.7. The first-order valence-electron chi connectivity index (χ1n) is 14.8. The second kappa shape index (κ2) is 13.7. The van der Waals surface area contributed by atoms with Gasteiger partial charge in [-0.25, -0.2) is 12.8 Å². The van der Waals surface area contributed by atoms with Crippen molar-refractivity contribution in [2.75, 3.05) is 38.1 Å². The van der Waals surface area contributed by atoms with Gasteiger partial charge in [0.25, 0.3) is 10.0 Å². The number of hydrogen-bond donors (Lipinski definition) is 1. The second-order valence-corrected chi connectivity index (χ2v) is 13.0. The van der Waals surface area contributed by atoms with Crippen LogP contribution in [0.2, 0.25) is 0 Å². The molecular weight excluding hydrogens is 626 g/mol. The summed E-state index contributed by atoms with van der Waals surface area (Å²) in [6.45, 7) is 7.09. The summed E-state index contributed by atoms with van der Waals surface area (Å²) in [4.78, 5) is 5.87. The minimum atomic E-state index is -4.91. The third kappa shape index (κ3) is 7.64. The molecule has 246 valence electrons. The zero-order valence-corrected chi connectivity index (χ0v) is 26.5. The third-order valence-electron chi connectivity index (χ3n) is 7.95. The maximum absolute atomic E-state index is 15.2. The number of anilines is 1. The summed E-state index contributed by atoms with van der Waals surface area (Å²) in [6, 6.07) is 11.4. The number of halogens is 4. The van der Waals surface area contributed by atoms with Crippen LogP contribution in [0.3, 0.4) is 0 Å². The zero-order chi connectivity index (χ0) is 33.1. The van der Waals surface area contributed by atoms with E-state index in [0.29, 0.717) is 29.0 Å². The van der Waals surface area contributed by atoms with Crippen molar-refractivity contribution in [1.29, 1.82) is 0 Å². The predicted octanol–water partition coefficient (Wildman–Crippen LogP) is 7.80. The molecule has 1 aliphatic rings. The van der Waals surface area contributed by atoms with E-state index in [9.17, 15) is 21.6 Å². The van der Waals surface area contributed by atoms with E-state index in [0.717, 1.165) is 57.1 Å². The van der Waals surface area contributed by atoms with Crippen molar-refractivity contribution in [2.24, 2.45) is 5.92 Å². The Balaban J connectivity index is 1.30. The summed E-state index contributed by atoms with van der Waals surface area (Å²) in [5, 5.41) is 0.512. The fraction of sp³-hybridized carbons (Fsp3) is 0.364. The molecule has 0 bridgehead atoms. The maximum atomic E-state index is 15.2. The number of hydrogen-bond acceptors (Lipinski definition) is 7. The lowest BCUT2D eigenvalue weighted by Crippen LogP contribution is -2.34. The van der Waals surface area contributed by atoms with Crippen LogP contribution >= 0.6 is 0 Å². The van der Waals surface area contributed by atoms with E-state index < -0.39 is 32.5 Å². The smallest absolute Gasteiger partial charge is 0.417 e. The topological polar surface area (TPSA) is 90.0 Å². The van der Waals surface area contributed by atoms with Gasteiger partial charge in [-0.3, -0.25) is 9.71 Å². The van der Waals surface area contributed by atoms with Crippen LogP contribution < -0.4 is 18.9 Å². The molecule has 0 radical (unpaired) electrons. The highest BCUT2D eigenvalue weighted by Gasteiger charge is 2.38. The van der Waals surface area contributed by atoms with Gasteiger partial charge in [0.2, 0.25) is 0 Å². The Morgan fingerprint density at radius 2 is 1.76 bits per heavy atom. The molecule has 8 nitrogen and oxygen atoms in total. The standard InChI is InChI=1S/C33H35F4N3O5S/c1-21-11-15-40(16-12-21)14-5-17-44-30-20-26-24(19-29(30)43-3)27(10-13-38-26)45-28-9-8-23(18-25(28)34)39-46(41,42)31-7-4-6-22(2)32(31)33(35,36)37/h4,6-10,13,18-21,39H,5,11-12,14-17H2,1-3H3. The van der Waals surface area contributed by atoms with Gasteiger partial charge in [0, 0.05) is 30.3 Å². The van der Waals surface area contributed by atoms with Crippen LogP contribution in [0.15, 0.2) is 65.7 Å². The Morgan fingerprint density at radius 3 is 2.46 bits per heavy atom. The number of likely N-dealkylation sites (tertiary alicyclic amines) is 1. The van der Waals surface area contributed by atoms with E-state index >= 15 is 4.39 Å². The van der Waals surface area contributed by atoms with Gasteiger partial charge in [0.05, 0.1) is 35.4 Å². The molecule has 1 saturated heterocycles. The quantitative estimate of drug-likeness (QED) is 0.130. The average Bonchev–Trinajstić information content (AvgIpc) is 3.00. The number of alkyl halides is 3. The number of ether oxygens (including phenoxy) is 3. The molecule has 0 atom stereocenters. The van der Waals surface area contributed by atoms with Crippen LogP contribution in [0.25, 0.3) is 10.9 Å². The molecule has 1 fully saturated rings. The number of rotatable bonds is 11. The molecule has 0 unspecified atom stereocenters. The maximum Gasteiger partial charge on any atom is 0.417 e. The molecular formula is C33H35F4N3O5S. The number of methoxy groups -OCH3 is 1. The number of sulfonamides is 1. The number of nitrogens with zero attached hydrogens (tertiary/aromatic N) is 2. The third-order valence-corrected chi connectivity index (χ3v) is 9.37. The number of aryl methyl sites for hydroxylation is 1. The van der Waals surface area contributed by atoms with Crippen molar-refractivity contribution < 1.29 is 40.2 Å². The Bertz CT molecular complexity index is 1810. The molecule has 0 spiro atoms. The fourth-order valence-corrected chi connectivity index (χ4v) is 6.80. The highest BCUT2D eigenvalue weighted by atomic mass is 32.2. The lowest BCUT2D eigenvalue weighted by atomic mass is 9.99. The van der Waals surface area contributed by atoms with Crippen LogP contribution in [-0.2, 0) is 16.2 Å². The van der Waals surface area contributed by atoms with Gasteiger partial charge >= 0.3 is 6.18 Å². The molecule has 3 aromatic carbocycles. The Labute approximate surface area is 265 Å². The highest BCUT2D eigenvalue weighted by Crippen LogP contribution is 2.39. The molecule has 13 heteroatoms. The predicted molar refractivity (Wildman–Crippen MR) is 167 cm³/mol. The van der Waals surface area contributed by atoms with Crippen molar-refractivity contribution in [3.05, 3.63) is 77.7 Å². The number of piperidine rings is 1. The van der Waals surface area contributed by atoms with Crippen molar-refractivity contribution >= 4 is 26.6 Å². The molecule has 46 heavy (non-hydrogen) atoms. The summed E-state index contributed by atoms with van der Waals surface area (Å²) in [6.07, 6.45) is -0.143. The van der Waals surface area contributed by atoms with Gasteiger partial charge in [0.1, 0.15) is 5.75 Å². The summed E-state index contributed by atoms with van der Waals surface area (Å²) in [5.74, 6) is 0.786. The number of benzene rings is 3. The van der Waals surface area contributed by atoms with Crippen molar-refractivity contribution in [3.63, 3.8) is 0 Å². The SMILES string of the molecule is COc1cc2c(Oc3ccc(NS(=O)(=O)c4cccc(C)c4C(F)(F)F)cc3F)ccnc2cc1OCCCN1CCC(C)CC1. The summed E-state index contributed by atoms with van der Waals surface area (Å²) < 4.78 is 101. The van der Waals surface area contributed by atoms with Crippen LogP contribution in [0, 0.1) is 18.7 Å². The number of nitrogens with one attached hydrogen (secondary N) is 1. The molecule has 5 rings (SSSR count). The highest BCUT2D eigenvalue weighted by molar-refractivity contribution is 7.92. The average molecular weight is 662 g/mol. The fourth-order valence-electron chi connectivity index (χ4n) is 5.45. The monoisotopic (exact) mass is 661 g/mol. The van der Waals surface area contributed by atoms with E-state index in [1.54, 1.807) is 12.1 Å². The molecule has 2 heterocycles. The van der Waals surface area contributed by atoms with Crippen LogP contribution in [0.5, 0.6) is 23.0 Å². The van der Waals surface area contributed by atoms with Gasteiger partial charge in [0.15, 0.2) is 23.1 Å². The van der Waals surface area contributed by atoms with Gasteiger partial charge in [-0.1, -0.05) is 19.1 Å². The molecule has 1 aliphatic heterocycles. The van der Waals surface area contributed by atoms with Crippen molar-refractivity contribution in [2.45, 2.75) is 44.2 Å². The molecule has 0 aliphatic carbocycles. The van der Waals surface area contributed by atoms with E-state index in [2.05, 4.69) is 16.8 Å². The molecule has 0 saturated carbocycles. The van der Waals surface area contributed by atoms with E-state index in [1.165, 1.54) is 50.4 Å². The minimum absolute atomic E-state index is 0.242. The summed E-state index contributed by atoms with van der Waals surface area (Å²) >= 11 is 0. The molecule has 4 aromatic rings. The molecule has 1 N–H and O–H groups in total. The normalized spacial score (nSPS) is 14.8. The van der Waals surface area contributed by atoms with E-state index in [-0.39, 0.29) is 22.7 Å². The van der Waals surface area contributed by atoms with Crippen molar-refractivity contribution in [3.8, 4) is 23.0 Å². The van der Waals surface area contributed by atoms with E-state index in [4.69, 9.17) is 14.2 Å². The lowest BCUT2D eigenvalue weighted by Gasteiger charge is -2.30. The number of pyridine rings is 1. The number of fused-ring (bicyclic) bond motifs is 1. The number of aromatic nitrogens is 1. The first-order valence-corrected chi connectivity index (χ1v) is 16.3. The van der Waals surface area contributed by atoms with E-state index in [1.807, 2.05) is 4.72 Å². The lowest BCUT2D eigenvalue weighted by molar-refractivity contribution is -0.140. The van der Waals surface area contributed by atoms with Crippen LogP contribution in [0.4, 0.5) is 23.2 Å². The second-order valence-electron chi connectivity index (χ2n) is 11.4. The van der Waals surface area contributed by atoms with Gasteiger partial charge in [-0.05, 0) is 81.1 Å². The van der Waals surface area contributed by atoms with Gasteiger partial charge in [-0.15, -0.1) is 0 Å². The Kier molecular flexibility index (Phi) is 9.92. The van der Waals surface area contributed by atoms with Crippen LogP contribution in [-0.4, -0.2) is 51.7 Å². The molecule has 1 aromatic heterocycles.